The zero-order valence-electron chi connectivity index (χ0n) is 44.8. The molecule has 84 heavy (non-hydrogen) atoms. The molecule has 0 saturated heterocycles. The van der Waals surface area contributed by atoms with Crippen LogP contribution in [0, 0.1) is 0 Å². The summed E-state index contributed by atoms with van der Waals surface area (Å²) in [6.45, 7) is 0. The largest absolute Gasteiger partial charge is 0.277 e. The summed E-state index contributed by atoms with van der Waals surface area (Å²) in [5, 5.41) is 18.5. The first-order chi connectivity index (χ1) is 41.6. The van der Waals surface area contributed by atoms with E-state index in [1.165, 1.54) is 0 Å². The van der Waals surface area contributed by atoms with Crippen LogP contribution in [0.15, 0.2) is 267 Å². The van der Waals surface area contributed by atoms with Crippen LogP contribution in [0.2, 0.25) is 0 Å². The molecular formula is C72H44N12. The number of hydrogen-bond acceptors (Lipinski definition) is 8. The van der Waals surface area contributed by atoms with E-state index in [1.54, 1.807) is 0 Å². The third-order valence-electron chi connectivity index (χ3n) is 16.1. The summed E-state index contributed by atoms with van der Waals surface area (Å²) >= 11 is 0. The van der Waals surface area contributed by atoms with Crippen molar-refractivity contribution in [3.63, 3.8) is 0 Å². The molecule has 17 rings (SSSR count). The Morgan fingerprint density at radius 3 is 1.12 bits per heavy atom. The van der Waals surface area contributed by atoms with Gasteiger partial charge >= 0.3 is 0 Å². The van der Waals surface area contributed by atoms with E-state index in [0.717, 1.165) is 121 Å². The van der Waals surface area contributed by atoms with E-state index in [9.17, 15) is 0 Å². The second-order valence-corrected chi connectivity index (χ2v) is 20.9. The molecule has 0 radical (unpaired) electrons. The van der Waals surface area contributed by atoms with Crippen LogP contribution in [-0.4, -0.2) is 58.6 Å². The van der Waals surface area contributed by atoms with Crippen molar-refractivity contribution in [3.05, 3.63) is 267 Å². The first-order valence-corrected chi connectivity index (χ1v) is 27.8. The van der Waals surface area contributed by atoms with E-state index in [4.69, 9.17) is 40.1 Å². The molecule has 0 aliphatic heterocycles. The minimum atomic E-state index is 0.501. The van der Waals surface area contributed by atoms with Gasteiger partial charge in [0.1, 0.15) is 0 Å². The van der Waals surface area contributed by atoms with Crippen LogP contribution in [0.5, 0.6) is 0 Å². The van der Waals surface area contributed by atoms with Gasteiger partial charge in [-0.15, -0.1) is 0 Å². The minimum Gasteiger partial charge on any atom is -0.277 e. The minimum absolute atomic E-state index is 0.501. The molecule has 6 heterocycles. The highest BCUT2D eigenvalue weighted by Crippen LogP contribution is 2.43. The fourth-order valence-electron chi connectivity index (χ4n) is 12.2. The third kappa shape index (κ3) is 7.55. The Labute approximate surface area is 479 Å². The highest BCUT2D eigenvalue weighted by Gasteiger charge is 2.25. The van der Waals surface area contributed by atoms with Crippen molar-refractivity contribution >= 4 is 76.2 Å². The molecule has 17 aromatic rings. The molecule has 0 saturated carbocycles. The lowest BCUT2D eigenvalue weighted by atomic mass is 10.00. The molecule has 0 aliphatic carbocycles. The van der Waals surface area contributed by atoms with Crippen LogP contribution in [0.25, 0.3) is 156 Å². The summed E-state index contributed by atoms with van der Waals surface area (Å²) in [6.07, 6.45) is 3.94. The maximum atomic E-state index is 5.33. The summed E-state index contributed by atoms with van der Waals surface area (Å²) in [5.41, 5.74) is 13.3. The standard InChI is InChI=1S/C72H44N12/c1-6-20-46(21-7-1)67-75-68(47-22-8-2-9-23-47)78-71(77-67)81-60-37-33-50(41-56(60)54-35-39-63-58(65(54)81)43-73-83(63)52-29-14-5-15-30-52)51-34-38-61-57(42-51)55-36-40-64-59(44-74-84(64)62-32-18-28-45-19-16-17-31-53(45)62)66(55)82(61)72-79-69(48-24-10-3-11-25-48)76-70(80-72)49-26-12-4-13-27-49/h1-44H. The third-order valence-corrected chi connectivity index (χ3v) is 16.1. The van der Waals surface area contributed by atoms with E-state index in [1.807, 2.05) is 157 Å². The van der Waals surface area contributed by atoms with Gasteiger partial charge in [-0.1, -0.05) is 188 Å². The normalized spacial score (nSPS) is 11.8. The summed E-state index contributed by atoms with van der Waals surface area (Å²) in [4.78, 5) is 31.5. The van der Waals surface area contributed by atoms with Crippen LogP contribution >= 0.6 is 0 Å². The molecule has 0 amide bonds. The van der Waals surface area contributed by atoms with Crippen molar-refractivity contribution < 1.29 is 0 Å². The average Bonchev–Trinajstić information content (AvgIpc) is 2.47. The molecular weight excluding hydrogens is 1030 g/mol. The van der Waals surface area contributed by atoms with E-state index in [2.05, 4.69) is 129 Å². The predicted octanol–water partition coefficient (Wildman–Crippen LogP) is 16.4. The highest BCUT2D eigenvalue weighted by atomic mass is 15.3. The summed E-state index contributed by atoms with van der Waals surface area (Å²) in [6, 6.07) is 87.7. The lowest BCUT2D eigenvalue weighted by molar-refractivity contribution is 0.911. The zero-order valence-corrected chi connectivity index (χ0v) is 44.8. The van der Waals surface area contributed by atoms with Crippen molar-refractivity contribution in [1.82, 2.24) is 58.6 Å². The smallest absolute Gasteiger partial charge is 0.238 e. The van der Waals surface area contributed by atoms with Gasteiger partial charge in [0.15, 0.2) is 23.3 Å². The molecule has 0 bridgehead atoms. The van der Waals surface area contributed by atoms with Crippen molar-refractivity contribution in [2.75, 3.05) is 0 Å². The first kappa shape index (κ1) is 47.1. The molecule has 392 valence electrons. The van der Waals surface area contributed by atoms with Gasteiger partial charge in [-0.25, -0.2) is 19.3 Å². The van der Waals surface area contributed by atoms with Gasteiger partial charge in [-0.3, -0.25) is 9.13 Å². The van der Waals surface area contributed by atoms with Crippen molar-refractivity contribution in [1.29, 1.82) is 0 Å². The zero-order chi connectivity index (χ0) is 55.2. The van der Waals surface area contributed by atoms with Gasteiger partial charge in [0.25, 0.3) is 0 Å². The molecule has 0 N–H and O–H groups in total. The Bertz CT molecular complexity index is 5300. The average molecular weight is 1080 g/mol. The van der Waals surface area contributed by atoms with Crippen LogP contribution < -0.4 is 0 Å². The number of nitrogens with zero attached hydrogens (tertiary/aromatic N) is 12. The Balaban J connectivity index is 0.906. The predicted molar refractivity (Wildman–Crippen MR) is 336 cm³/mol. The van der Waals surface area contributed by atoms with E-state index < -0.39 is 0 Å². The number of benzene rings is 11. The van der Waals surface area contributed by atoms with Crippen LogP contribution in [-0.2, 0) is 0 Å². The first-order valence-electron chi connectivity index (χ1n) is 27.8. The van der Waals surface area contributed by atoms with Crippen molar-refractivity contribution in [3.8, 4) is 79.9 Å². The van der Waals surface area contributed by atoms with E-state index >= 15 is 0 Å². The van der Waals surface area contributed by atoms with Crippen molar-refractivity contribution in [2.24, 2.45) is 0 Å². The second-order valence-electron chi connectivity index (χ2n) is 20.9. The fraction of sp³-hybridized carbons (Fsp3) is 0. The highest BCUT2D eigenvalue weighted by molar-refractivity contribution is 6.20. The molecule has 12 nitrogen and oxygen atoms in total. The Hall–Kier alpha value is -11.8. The quantitative estimate of drug-likeness (QED) is 0.140. The van der Waals surface area contributed by atoms with Crippen LogP contribution in [0.1, 0.15) is 0 Å². The lowest BCUT2D eigenvalue weighted by Gasteiger charge is -2.12. The van der Waals surface area contributed by atoms with Crippen LogP contribution in [0.3, 0.4) is 0 Å². The Morgan fingerprint density at radius 1 is 0.250 bits per heavy atom. The van der Waals surface area contributed by atoms with Crippen LogP contribution in [0.4, 0.5) is 0 Å². The Kier molecular flexibility index (Phi) is 10.6. The number of rotatable bonds is 9. The van der Waals surface area contributed by atoms with Gasteiger partial charge in [-0.2, -0.15) is 30.1 Å². The molecule has 0 spiro atoms. The molecule has 11 aromatic carbocycles. The SMILES string of the molecule is c1ccc(-c2nc(-c3ccccc3)nc(-n3c4ccc(-c5ccc6c(c5)c5ccc7c(cnn7-c7cccc8ccccc78)c5n6-c5nc(-c6ccccc6)nc(-c6ccccc6)n5)cc4c4ccc5c(cnn5-c5ccccc5)c43)n2)cc1. The van der Waals surface area contributed by atoms with Gasteiger partial charge in [0.05, 0.1) is 56.9 Å². The van der Waals surface area contributed by atoms with E-state index in [-0.39, 0.29) is 0 Å². The maximum absolute atomic E-state index is 5.33. The van der Waals surface area contributed by atoms with Gasteiger partial charge in [0.2, 0.25) is 11.9 Å². The fourth-order valence-corrected chi connectivity index (χ4v) is 12.2. The number of fused-ring (bicyclic) bond motifs is 11. The van der Waals surface area contributed by atoms with E-state index in [0.29, 0.717) is 35.2 Å². The molecule has 0 fully saturated rings. The second kappa shape index (κ2) is 18.9. The Morgan fingerprint density at radius 2 is 0.643 bits per heavy atom. The summed E-state index contributed by atoms with van der Waals surface area (Å²) in [7, 11) is 0. The molecule has 0 aliphatic rings. The molecule has 12 heteroatoms. The van der Waals surface area contributed by atoms with Gasteiger partial charge in [0, 0.05) is 60.0 Å². The van der Waals surface area contributed by atoms with Gasteiger partial charge < -0.3 is 0 Å². The number of para-hydroxylation sites is 1. The topological polar surface area (TPSA) is 123 Å². The molecule has 6 aromatic heterocycles. The number of hydrogen-bond donors (Lipinski definition) is 0. The van der Waals surface area contributed by atoms with Crippen molar-refractivity contribution in [2.45, 2.75) is 0 Å². The summed E-state index contributed by atoms with van der Waals surface area (Å²) in [5.74, 6) is 3.31. The maximum Gasteiger partial charge on any atom is 0.238 e. The lowest BCUT2D eigenvalue weighted by Crippen LogP contribution is -2.06. The number of aromatic nitrogens is 12. The monoisotopic (exact) mass is 1080 g/mol. The molecule has 0 atom stereocenters. The van der Waals surface area contributed by atoms with Gasteiger partial charge in [-0.05, 0) is 83.2 Å². The molecule has 0 unspecified atom stereocenters. The summed E-state index contributed by atoms with van der Waals surface area (Å²) < 4.78 is 8.44.